The molecular formula is C28H41N3O3S. The second kappa shape index (κ2) is 11.8. The number of likely N-dealkylation sites (tertiary alicyclic amines) is 1. The van der Waals surface area contributed by atoms with Gasteiger partial charge in [-0.25, -0.2) is 0 Å². The standard InChI is InChI=1S/C28H41N3O3S/c1-30(2)26-20-29-25-11-10-21(34-3)19-24(25)23(26)9-6-12-28(27(32)33)13-15-31(16-14-28)17-18-35-22-7-4-5-8-22/h10-11,19-20,22H,4-9,12-18H2,1-3H3,(H,32,33). The van der Waals surface area contributed by atoms with Crippen molar-refractivity contribution < 1.29 is 14.6 Å². The molecule has 1 N–H and O–H groups in total. The number of fused-ring (bicyclic) bond motifs is 1. The minimum atomic E-state index is -0.619. The Balaban J connectivity index is 1.38. The fourth-order valence-corrected chi connectivity index (χ4v) is 7.14. The van der Waals surface area contributed by atoms with Gasteiger partial charge in [0.05, 0.1) is 29.9 Å². The number of hydrogen-bond donors (Lipinski definition) is 1. The molecule has 0 unspecified atom stereocenters. The third-order valence-electron chi connectivity index (χ3n) is 8.06. The van der Waals surface area contributed by atoms with Crippen molar-refractivity contribution in [1.29, 1.82) is 0 Å². The molecule has 6 nitrogen and oxygen atoms in total. The number of anilines is 1. The lowest BCUT2D eigenvalue weighted by Gasteiger charge is -2.39. The normalized spacial score (nSPS) is 18.7. The van der Waals surface area contributed by atoms with E-state index in [1.165, 1.54) is 37.0 Å². The van der Waals surface area contributed by atoms with E-state index in [4.69, 9.17) is 4.74 Å². The monoisotopic (exact) mass is 499 g/mol. The van der Waals surface area contributed by atoms with Crippen molar-refractivity contribution in [3.05, 3.63) is 30.0 Å². The van der Waals surface area contributed by atoms with Gasteiger partial charge in [-0.15, -0.1) is 0 Å². The third-order valence-corrected chi connectivity index (χ3v) is 9.42. The zero-order valence-corrected chi connectivity index (χ0v) is 22.4. The first-order chi connectivity index (χ1) is 16.9. The Bertz CT molecular complexity index is 998. The molecule has 1 aromatic heterocycles. The van der Waals surface area contributed by atoms with Crippen molar-refractivity contribution in [2.75, 3.05) is 51.5 Å². The summed E-state index contributed by atoms with van der Waals surface area (Å²) in [5, 5.41) is 12.2. The Morgan fingerprint density at radius 1 is 1.26 bits per heavy atom. The second-order valence-electron chi connectivity index (χ2n) is 10.5. The first-order valence-corrected chi connectivity index (χ1v) is 14.2. The van der Waals surface area contributed by atoms with Gasteiger partial charge in [0.15, 0.2) is 0 Å². The van der Waals surface area contributed by atoms with Crippen molar-refractivity contribution in [3.8, 4) is 5.75 Å². The first-order valence-electron chi connectivity index (χ1n) is 13.1. The molecule has 1 aliphatic heterocycles. The summed E-state index contributed by atoms with van der Waals surface area (Å²) in [6.45, 7) is 2.89. The van der Waals surface area contributed by atoms with Gasteiger partial charge in [0.2, 0.25) is 0 Å². The predicted octanol–water partition coefficient (Wildman–Crippen LogP) is 5.47. The number of methoxy groups -OCH3 is 1. The number of piperidine rings is 1. The molecule has 4 rings (SSSR count). The van der Waals surface area contributed by atoms with Gasteiger partial charge >= 0.3 is 5.97 Å². The maximum absolute atomic E-state index is 12.4. The fourth-order valence-electron chi connectivity index (χ4n) is 5.77. The predicted molar refractivity (Wildman–Crippen MR) is 146 cm³/mol. The number of aryl methyl sites for hydroxylation is 1. The average Bonchev–Trinajstić information content (AvgIpc) is 3.38. The molecule has 1 saturated carbocycles. The maximum Gasteiger partial charge on any atom is 0.309 e. The van der Waals surface area contributed by atoms with Gasteiger partial charge in [0.1, 0.15) is 5.75 Å². The van der Waals surface area contributed by atoms with E-state index in [0.29, 0.717) is 6.42 Å². The molecule has 0 spiro atoms. The Morgan fingerprint density at radius 2 is 2.00 bits per heavy atom. The zero-order valence-electron chi connectivity index (χ0n) is 21.6. The molecule has 1 aliphatic carbocycles. The van der Waals surface area contributed by atoms with Crippen LogP contribution < -0.4 is 9.64 Å². The smallest absolute Gasteiger partial charge is 0.309 e. The summed E-state index contributed by atoms with van der Waals surface area (Å²) in [6.07, 6.45) is 11.4. The molecule has 0 radical (unpaired) electrons. The van der Waals surface area contributed by atoms with Crippen molar-refractivity contribution in [1.82, 2.24) is 9.88 Å². The molecule has 1 saturated heterocycles. The number of ether oxygens (including phenoxy) is 1. The van der Waals surface area contributed by atoms with Crippen molar-refractivity contribution in [2.24, 2.45) is 5.41 Å². The Labute approximate surface area is 214 Å². The van der Waals surface area contributed by atoms with Gasteiger partial charge in [-0.1, -0.05) is 12.8 Å². The quantitative estimate of drug-likeness (QED) is 0.439. The largest absolute Gasteiger partial charge is 0.497 e. The van der Waals surface area contributed by atoms with Gasteiger partial charge in [0, 0.05) is 37.0 Å². The highest BCUT2D eigenvalue weighted by molar-refractivity contribution is 7.99. The molecular weight excluding hydrogens is 458 g/mol. The molecule has 192 valence electrons. The summed E-state index contributed by atoms with van der Waals surface area (Å²) < 4.78 is 5.47. The Hall–Kier alpha value is -1.99. The Kier molecular flexibility index (Phi) is 8.82. The van der Waals surface area contributed by atoms with E-state index in [1.54, 1.807) is 7.11 Å². The van der Waals surface area contributed by atoms with Crippen molar-refractivity contribution >= 4 is 34.3 Å². The number of pyridine rings is 1. The summed E-state index contributed by atoms with van der Waals surface area (Å²) in [6, 6.07) is 5.99. The van der Waals surface area contributed by atoms with Crippen LogP contribution in [0.2, 0.25) is 0 Å². The molecule has 0 atom stereocenters. The van der Waals surface area contributed by atoms with Crippen LogP contribution in [-0.2, 0) is 11.2 Å². The summed E-state index contributed by atoms with van der Waals surface area (Å²) in [5.74, 6) is 1.37. The SMILES string of the molecule is COc1ccc2ncc(N(C)C)c(CCCC3(C(=O)O)CCN(CCSC4CCCC4)CC3)c2c1. The number of carboxylic acid groups (broad SMARTS) is 1. The lowest BCUT2D eigenvalue weighted by atomic mass is 9.74. The highest BCUT2D eigenvalue weighted by Gasteiger charge is 2.40. The van der Waals surface area contributed by atoms with E-state index in [2.05, 4.69) is 32.6 Å². The van der Waals surface area contributed by atoms with Crippen LogP contribution in [0.15, 0.2) is 24.4 Å². The van der Waals surface area contributed by atoms with E-state index in [1.807, 2.05) is 32.4 Å². The molecule has 0 amide bonds. The number of aliphatic carboxylic acids is 1. The number of carbonyl (C=O) groups is 1. The second-order valence-corrected chi connectivity index (χ2v) is 11.9. The molecule has 2 fully saturated rings. The van der Waals surface area contributed by atoms with Crippen LogP contribution >= 0.6 is 11.8 Å². The number of aromatic nitrogens is 1. The van der Waals surface area contributed by atoms with Crippen LogP contribution in [0.4, 0.5) is 5.69 Å². The summed E-state index contributed by atoms with van der Waals surface area (Å²) in [5.41, 5.74) is 2.65. The highest BCUT2D eigenvalue weighted by Crippen LogP contribution is 2.39. The van der Waals surface area contributed by atoms with Gasteiger partial charge < -0.3 is 19.6 Å². The van der Waals surface area contributed by atoms with Crippen LogP contribution in [0.5, 0.6) is 5.75 Å². The van der Waals surface area contributed by atoms with Gasteiger partial charge in [-0.2, -0.15) is 11.8 Å². The van der Waals surface area contributed by atoms with Crippen LogP contribution in [0, 0.1) is 5.41 Å². The number of rotatable bonds is 11. The average molecular weight is 500 g/mol. The fraction of sp³-hybridized carbons (Fsp3) is 0.643. The number of hydrogen-bond acceptors (Lipinski definition) is 6. The Morgan fingerprint density at radius 3 is 2.66 bits per heavy atom. The highest BCUT2D eigenvalue weighted by atomic mass is 32.2. The number of carboxylic acids is 1. The molecule has 1 aromatic carbocycles. The molecule has 2 aromatic rings. The van der Waals surface area contributed by atoms with Crippen LogP contribution in [0.25, 0.3) is 10.9 Å². The van der Waals surface area contributed by atoms with Crippen molar-refractivity contribution in [3.63, 3.8) is 0 Å². The lowest BCUT2D eigenvalue weighted by molar-refractivity contribution is -0.152. The molecule has 0 bridgehead atoms. The van der Waals surface area contributed by atoms with E-state index in [-0.39, 0.29) is 0 Å². The van der Waals surface area contributed by atoms with Gasteiger partial charge in [-0.05, 0) is 81.8 Å². The van der Waals surface area contributed by atoms with Gasteiger partial charge in [0.25, 0.3) is 0 Å². The maximum atomic E-state index is 12.4. The number of thioether (sulfide) groups is 1. The third kappa shape index (κ3) is 6.23. The van der Waals surface area contributed by atoms with E-state index in [0.717, 1.165) is 72.9 Å². The minimum Gasteiger partial charge on any atom is -0.497 e. The van der Waals surface area contributed by atoms with Crippen LogP contribution in [0.3, 0.4) is 0 Å². The minimum absolute atomic E-state index is 0.603. The zero-order chi connectivity index (χ0) is 24.8. The topological polar surface area (TPSA) is 65.9 Å². The van der Waals surface area contributed by atoms with Crippen molar-refractivity contribution in [2.45, 2.75) is 63.0 Å². The van der Waals surface area contributed by atoms with Gasteiger partial charge in [-0.3, -0.25) is 9.78 Å². The molecule has 35 heavy (non-hydrogen) atoms. The van der Waals surface area contributed by atoms with Crippen LogP contribution in [-0.4, -0.2) is 72.8 Å². The number of benzene rings is 1. The summed E-state index contributed by atoms with van der Waals surface area (Å²) in [4.78, 5) is 21.6. The van der Waals surface area contributed by atoms with E-state index in [9.17, 15) is 9.90 Å². The first kappa shape index (κ1) is 26.1. The summed E-state index contributed by atoms with van der Waals surface area (Å²) >= 11 is 2.13. The molecule has 2 aliphatic rings. The number of nitrogens with zero attached hydrogens (tertiary/aromatic N) is 3. The van der Waals surface area contributed by atoms with E-state index < -0.39 is 11.4 Å². The molecule has 7 heteroatoms. The molecule has 2 heterocycles. The lowest BCUT2D eigenvalue weighted by Crippen LogP contribution is -2.45. The van der Waals surface area contributed by atoms with Crippen LogP contribution in [0.1, 0.15) is 56.9 Å². The van der Waals surface area contributed by atoms with E-state index >= 15 is 0 Å². The summed E-state index contributed by atoms with van der Waals surface area (Å²) in [7, 11) is 5.75.